The highest BCUT2D eigenvalue weighted by atomic mass is 16.7. The van der Waals surface area contributed by atoms with Crippen molar-refractivity contribution >= 4 is 5.91 Å². The van der Waals surface area contributed by atoms with Gasteiger partial charge in [0.2, 0.25) is 12.7 Å². The first-order valence-electron chi connectivity index (χ1n) is 8.45. The zero-order valence-electron chi connectivity index (χ0n) is 13.5. The van der Waals surface area contributed by atoms with E-state index in [1.165, 1.54) is 0 Å². The molecule has 23 heavy (non-hydrogen) atoms. The molecular weight excluding hydrogens is 294 g/mol. The molecule has 1 aromatic carbocycles. The smallest absolute Gasteiger partial charge is 0.231 e. The standard InChI is InChI=1S/C18H23NO4/c1-12-10-19(7-6-18(12,21)14-3-4-14)17(20)9-13-2-5-15-16(8-13)23-11-22-15/h2,5,8,12,14,21H,3-4,6-7,9-11H2,1H3/t12-,18+/m1/s1. The van der Waals surface area contributed by atoms with E-state index in [9.17, 15) is 9.90 Å². The second-order valence-corrected chi connectivity index (χ2v) is 7.12. The number of likely N-dealkylation sites (tertiary alicyclic amines) is 1. The van der Waals surface area contributed by atoms with E-state index in [0.717, 1.165) is 24.2 Å². The minimum Gasteiger partial charge on any atom is -0.454 e. The van der Waals surface area contributed by atoms with Gasteiger partial charge in [0.1, 0.15) is 0 Å². The molecule has 124 valence electrons. The summed E-state index contributed by atoms with van der Waals surface area (Å²) in [5.74, 6) is 2.16. The quantitative estimate of drug-likeness (QED) is 0.926. The number of carbonyl (C=O) groups is 1. The lowest BCUT2D eigenvalue weighted by Crippen LogP contribution is -2.53. The lowest BCUT2D eigenvalue weighted by molar-refractivity contribution is -0.140. The number of ether oxygens (including phenoxy) is 2. The van der Waals surface area contributed by atoms with Crippen LogP contribution in [0, 0.1) is 11.8 Å². The van der Waals surface area contributed by atoms with Gasteiger partial charge < -0.3 is 19.5 Å². The van der Waals surface area contributed by atoms with Crippen molar-refractivity contribution in [2.45, 2.75) is 38.2 Å². The van der Waals surface area contributed by atoms with E-state index in [0.29, 0.717) is 37.6 Å². The molecule has 0 bridgehead atoms. The number of aliphatic hydroxyl groups is 1. The monoisotopic (exact) mass is 317 g/mol. The first kappa shape index (κ1) is 14.8. The van der Waals surface area contributed by atoms with Crippen molar-refractivity contribution in [1.82, 2.24) is 4.90 Å². The molecule has 2 fully saturated rings. The molecule has 0 radical (unpaired) electrons. The van der Waals surface area contributed by atoms with Crippen LogP contribution in [0.15, 0.2) is 18.2 Å². The molecule has 1 saturated heterocycles. The van der Waals surface area contributed by atoms with Crippen LogP contribution in [0.2, 0.25) is 0 Å². The third-order valence-electron chi connectivity index (χ3n) is 5.56. The summed E-state index contributed by atoms with van der Waals surface area (Å²) in [4.78, 5) is 14.5. The molecule has 2 atom stereocenters. The van der Waals surface area contributed by atoms with Gasteiger partial charge >= 0.3 is 0 Å². The first-order chi connectivity index (χ1) is 11.1. The average Bonchev–Trinajstić information content (AvgIpc) is 3.29. The number of benzene rings is 1. The number of amides is 1. The van der Waals surface area contributed by atoms with Gasteiger partial charge in [0.25, 0.3) is 0 Å². The fraction of sp³-hybridized carbons (Fsp3) is 0.611. The highest BCUT2D eigenvalue weighted by Gasteiger charge is 2.50. The predicted octanol–water partition coefficient (Wildman–Crippen LogP) is 1.97. The fourth-order valence-corrected chi connectivity index (χ4v) is 3.89. The Morgan fingerprint density at radius 1 is 1.35 bits per heavy atom. The van der Waals surface area contributed by atoms with Crippen molar-refractivity contribution in [2.75, 3.05) is 19.9 Å². The Balaban J connectivity index is 1.40. The van der Waals surface area contributed by atoms with E-state index in [2.05, 4.69) is 6.92 Å². The molecule has 5 nitrogen and oxygen atoms in total. The lowest BCUT2D eigenvalue weighted by Gasteiger charge is -2.43. The van der Waals surface area contributed by atoms with E-state index in [1.807, 2.05) is 23.1 Å². The van der Waals surface area contributed by atoms with Gasteiger partial charge in [0, 0.05) is 19.0 Å². The Morgan fingerprint density at radius 2 is 2.13 bits per heavy atom. The largest absolute Gasteiger partial charge is 0.454 e. The van der Waals surface area contributed by atoms with Gasteiger partial charge in [-0.25, -0.2) is 0 Å². The highest BCUT2D eigenvalue weighted by molar-refractivity contribution is 5.79. The second kappa shape index (κ2) is 5.41. The van der Waals surface area contributed by atoms with Crippen LogP contribution in [0.4, 0.5) is 0 Å². The van der Waals surface area contributed by atoms with Crippen molar-refractivity contribution in [3.63, 3.8) is 0 Å². The van der Waals surface area contributed by atoms with Crippen LogP contribution in [0.1, 0.15) is 31.7 Å². The number of carbonyl (C=O) groups excluding carboxylic acids is 1. The van der Waals surface area contributed by atoms with Crippen LogP contribution >= 0.6 is 0 Å². The molecule has 0 aromatic heterocycles. The first-order valence-corrected chi connectivity index (χ1v) is 8.45. The van der Waals surface area contributed by atoms with E-state index < -0.39 is 5.60 Å². The third-order valence-corrected chi connectivity index (χ3v) is 5.56. The minimum atomic E-state index is -0.560. The summed E-state index contributed by atoms with van der Waals surface area (Å²) < 4.78 is 10.7. The van der Waals surface area contributed by atoms with Crippen LogP contribution in [-0.4, -0.2) is 41.4 Å². The number of hydrogen-bond acceptors (Lipinski definition) is 4. The normalized spacial score (nSPS) is 29.7. The molecule has 3 aliphatic rings. The van der Waals surface area contributed by atoms with Crippen molar-refractivity contribution in [1.29, 1.82) is 0 Å². The Kier molecular flexibility index (Phi) is 3.48. The van der Waals surface area contributed by atoms with Gasteiger partial charge in [-0.05, 0) is 42.9 Å². The van der Waals surface area contributed by atoms with E-state index in [1.54, 1.807) is 0 Å². The summed E-state index contributed by atoms with van der Waals surface area (Å²) in [6.07, 6.45) is 3.33. The summed E-state index contributed by atoms with van der Waals surface area (Å²) >= 11 is 0. The van der Waals surface area contributed by atoms with Crippen LogP contribution in [-0.2, 0) is 11.2 Å². The van der Waals surface area contributed by atoms with Crippen molar-refractivity contribution in [3.8, 4) is 11.5 Å². The number of rotatable bonds is 3. The molecule has 1 N–H and O–H groups in total. The van der Waals surface area contributed by atoms with Crippen molar-refractivity contribution in [2.24, 2.45) is 11.8 Å². The topological polar surface area (TPSA) is 59.0 Å². The highest BCUT2D eigenvalue weighted by Crippen LogP contribution is 2.47. The maximum absolute atomic E-state index is 12.6. The molecule has 5 heteroatoms. The van der Waals surface area contributed by atoms with Crippen LogP contribution in [0.25, 0.3) is 0 Å². The average molecular weight is 317 g/mol. The second-order valence-electron chi connectivity index (χ2n) is 7.12. The fourth-order valence-electron chi connectivity index (χ4n) is 3.89. The van der Waals surface area contributed by atoms with Gasteiger partial charge in [-0.3, -0.25) is 4.79 Å². The van der Waals surface area contributed by atoms with Gasteiger partial charge in [-0.1, -0.05) is 13.0 Å². The third kappa shape index (κ3) is 2.67. The van der Waals surface area contributed by atoms with Crippen LogP contribution < -0.4 is 9.47 Å². The Bertz CT molecular complexity index is 627. The van der Waals surface area contributed by atoms with Crippen LogP contribution in [0.3, 0.4) is 0 Å². The van der Waals surface area contributed by atoms with Gasteiger partial charge in [-0.15, -0.1) is 0 Å². The van der Waals surface area contributed by atoms with Crippen molar-refractivity contribution in [3.05, 3.63) is 23.8 Å². The Labute approximate surface area is 136 Å². The van der Waals surface area contributed by atoms with Crippen molar-refractivity contribution < 1.29 is 19.4 Å². The molecule has 0 unspecified atom stereocenters. The van der Waals surface area contributed by atoms with Crippen LogP contribution in [0.5, 0.6) is 11.5 Å². The van der Waals surface area contributed by atoms with E-state index >= 15 is 0 Å². The molecule has 1 saturated carbocycles. The van der Waals surface area contributed by atoms with E-state index in [4.69, 9.17) is 9.47 Å². The molecule has 1 aromatic rings. The maximum atomic E-state index is 12.6. The van der Waals surface area contributed by atoms with Gasteiger partial charge in [-0.2, -0.15) is 0 Å². The predicted molar refractivity (Wildman–Crippen MR) is 84.3 cm³/mol. The summed E-state index contributed by atoms with van der Waals surface area (Å²) in [5, 5.41) is 10.8. The minimum absolute atomic E-state index is 0.119. The number of piperidine rings is 1. The Hall–Kier alpha value is -1.75. The number of nitrogens with zero attached hydrogens (tertiary/aromatic N) is 1. The molecule has 1 amide bonds. The summed E-state index contributed by atoms with van der Waals surface area (Å²) in [7, 11) is 0. The molecule has 2 aliphatic heterocycles. The molecule has 1 aliphatic carbocycles. The van der Waals surface area contributed by atoms with E-state index in [-0.39, 0.29) is 18.6 Å². The number of hydrogen-bond donors (Lipinski definition) is 1. The SMILES string of the molecule is C[C@@H]1CN(C(=O)Cc2ccc3c(c2)OCO3)CC[C@@]1(O)C1CC1. The zero-order valence-corrected chi connectivity index (χ0v) is 13.5. The molecule has 0 spiro atoms. The summed E-state index contributed by atoms with van der Waals surface area (Å²) in [6, 6.07) is 5.66. The lowest BCUT2D eigenvalue weighted by atomic mass is 9.78. The number of fused-ring (bicyclic) bond motifs is 1. The molecule has 4 rings (SSSR count). The molecule has 2 heterocycles. The maximum Gasteiger partial charge on any atom is 0.231 e. The van der Waals surface area contributed by atoms with Gasteiger partial charge in [0.15, 0.2) is 11.5 Å². The Morgan fingerprint density at radius 3 is 2.87 bits per heavy atom. The summed E-state index contributed by atoms with van der Waals surface area (Å²) in [6.45, 7) is 3.62. The molecular formula is C18H23NO4. The van der Waals surface area contributed by atoms with Gasteiger partial charge in [0.05, 0.1) is 12.0 Å². The zero-order chi connectivity index (χ0) is 16.0. The summed E-state index contributed by atoms with van der Waals surface area (Å²) in [5.41, 5.74) is 0.380.